The molecular formula is C11H16ClF2N3O3. The number of halogens is 3. The number of nitrogens with zero attached hydrogens (tertiary/aromatic N) is 2. The van der Waals surface area contributed by atoms with Crippen molar-refractivity contribution in [3.63, 3.8) is 0 Å². The number of hydrogen-bond donors (Lipinski definition) is 1. The minimum Gasteiger partial charge on any atom is -0.383 e. The van der Waals surface area contributed by atoms with E-state index in [1.54, 1.807) is 0 Å². The summed E-state index contributed by atoms with van der Waals surface area (Å²) in [5.41, 5.74) is -0.104. The molecule has 0 radical (unpaired) electrons. The molecule has 0 atom stereocenters. The molecule has 1 aromatic rings. The molecule has 1 heterocycles. The quantitative estimate of drug-likeness (QED) is 0.695. The van der Waals surface area contributed by atoms with Crippen molar-refractivity contribution >= 4 is 17.3 Å². The average Bonchev–Trinajstić information content (AvgIpc) is 2.41. The standard InChI is InChI=1S/C11H16ClF2N3O3/c1-19-5-3-17-11(18)10(12)8(6-16-17)15-2-4-20-7-9(13)14/h6,9,15H,2-5,7H2,1H3. The van der Waals surface area contributed by atoms with Crippen LogP contribution in [0, 0.1) is 0 Å². The van der Waals surface area contributed by atoms with Gasteiger partial charge in [0.05, 0.1) is 31.6 Å². The van der Waals surface area contributed by atoms with Crippen LogP contribution in [0.15, 0.2) is 11.0 Å². The zero-order valence-electron chi connectivity index (χ0n) is 10.9. The van der Waals surface area contributed by atoms with Gasteiger partial charge >= 0.3 is 0 Å². The second-order valence-corrected chi connectivity index (χ2v) is 4.16. The van der Waals surface area contributed by atoms with Gasteiger partial charge in [0.2, 0.25) is 0 Å². The summed E-state index contributed by atoms with van der Waals surface area (Å²) in [6, 6.07) is 0. The lowest BCUT2D eigenvalue weighted by molar-refractivity contribution is 0.0215. The Labute approximate surface area is 119 Å². The number of rotatable bonds is 9. The van der Waals surface area contributed by atoms with Crippen LogP contribution in [-0.4, -0.2) is 49.7 Å². The van der Waals surface area contributed by atoms with Crippen LogP contribution >= 0.6 is 11.6 Å². The van der Waals surface area contributed by atoms with E-state index in [9.17, 15) is 13.6 Å². The van der Waals surface area contributed by atoms with Gasteiger partial charge in [0.1, 0.15) is 11.6 Å². The maximum Gasteiger partial charge on any atom is 0.287 e. The number of alkyl halides is 2. The first-order valence-corrected chi connectivity index (χ1v) is 6.28. The predicted octanol–water partition coefficient (Wildman–Crippen LogP) is 1.24. The van der Waals surface area contributed by atoms with Crippen LogP contribution in [0.5, 0.6) is 0 Å². The van der Waals surface area contributed by atoms with Gasteiger partial charge in [-0.2, -0.15) is 5.10 Å². The van der Waals surface area contributed by atoms with Crippen molar-refractivity contribution in [2.24, 2.45) is 0 Å². The highest BCUT2D eigenvalue weighted by molar-refractivity contribution is 6.32. The largest absolute Gasteiger partial charge is 0.383 e. The molecule has 6 nitrogen and oxygen atoms in total. The Hall–Kier alpha value is -1.25. The topological polar surface area (TPSA) is 65.4 Å². The summed E-state index contributed by atoms with van der Waals surface area (Å²) in [7, 11) is 1.52. The number of aromatic nitrogens is 2. The SMILES string of the molecule is COCCn1ncc(NCCOCC(F)F)c(Cl)c1=O. The van der Waals surface area contributed by atoms with E-state index in [1.807, 2.05) is 0 Å². The average molecular weight is 312 g/mol. The van der Waals surface area contributed by atoms with Gasteiger partial charge < -0.3 is 14.8 Å². The second kappa shape index (κ2) is 8.83. The smallest absolute Gasteiger partial charge is 0.287 e. The molecule has 0 aliphatic carbocycles. The van der Waals surface area contributed by atoms with Crippen molar-refractivity contribution in [2.45, 2.75) is 13.0 Å². The van der Waals surface area contributed by atoms with Crippen molar-refractivity contribution < 1.29 is 18.3 Å². The minimum atomic E-state index is -2.50. The van der Waals surface area contributed by atoms with Gasteiger partial charge in [-0.3, -0.25) is 4.79 Å². The number of methoxy groups -OCH3 is 1. The summed E-state index contributed by atoms with van der Waals surface area (Å²) in [6.07, 6.45) is -1.10. The van der Waals surface area contributed by atoms with E-state index < -0.39 is 18.6 Å². The molecular weight excluding hydrogens is 296 g/mol. The Morgan fingerprint density at radius 2 is 2.25 bits per heavy atom. The van der Waals surface area contributed by atoms with E-state index in [-0.39, 0.29) is 18.2 Å². The monoisotopic (exact) mass is 311 g/mol. The first-order valence-electron chi connectivity index (χ1n) is 5.90. The fraction of sp³-hybridized carbons (Fsp3) is 0.636. The molecule has 0 amide bonds. The predicted molar refractivity (Wildman–Crippen MR) is 70.7 cm³/mol. The third-order valence-corrected chi connectivity index (χ3v) is 2.66. The van der Waals surface area contributed by atoms with Gasteiger partial charge in [-0.25, -0.2) is 13.5 Å². The highest BCUT2D eigenvalue weighted by Gasteiger charge is 2.09. The summed E-state index contributed by atoms with van der Waals surface area (Å²) in [5.74, 6) is 0. The molecule has 114 valence electrons. The van der Waals surface area contributed by atoms with Crippen LogP contribution < -0.4 is 10.9 Å². The Morgan fingerprint density at radius 1 is 1.50 bits per heavy atom. The van der Waals surface area contributed by atoms with Crippen molar-refractivity contribution in [1.29, 1.82) is 0 Å². The zero-order chi connectivity index (χ0) is 15.0. The van der Waals surface area contributed by atoms with E-state index in [2.05, 4.69) is 15.2 Å². The minimum absolute atomic E-state index is 0.00929. The van der Waals surface area contributed by atoms with Crippen LogP contribution in [0.25, 0.3) is 0 Å². The lowest BCUT2D eigenvalue weighted by Gasteiger charge is -2.10. The van der Waals surface area contributed by atoms with Crippen molar-refractivity contribution in [1.82, 2.24) is 9.78 Å². The summed E-state index contributed by atoms with van der Waals surface area (Å²) in [6.45, 7) is 0.347. The highest BCUT2D eigenvalue weighted by atomic mass is 35.5. The van der Waals surface area contributed by atoms with Crippen LogP contribution in [0.3, 0.4) is 0 Å². The number of hydrogen-bond acceptors (Lipinski definition) is 5. The molecule has 0 spiro atoms. The van der Waals surface area contributed by atoms with Gasteiger partial charge in [-0.05, 0) is 0 Å². The number of anilines is 1. The van der Waals surface area contributed by atoms with Crippen LogP contribution in [0.4, 0.5) is 14.5 Å². The molecule has 0 fully saturated rings. The van der Waals surface area contributed by atoms with Crippen molar-refractivity contribution in [3.05, 3.63) is 21.6 Å². The normalized spacial score (nSPS) is 11.1. The Bertz CT molecular complexity index is 471. The Balaban J connectivity index is 2.51. The molecule has 1 rings (SSSR count). The van der Waals surface area contributed by atoms with Crippen LogP contribution in [0.1, 0.15) is 0 Å². The molecule has 1 N–H and O–H groups in total. The summed E-state index contributed by atoms with van der Waals surface area (Å²) < 4.78 is 34.4. The summed E-state index contributed by atoms with van der Waals surface area (Å²) in [5, 5.41) is 6.71. The first kappa shape index (κ1) is 16.8. The maximum atomic E-state index is 11.8. The highest BCUT2D eigenvalue weighted by Crippen LogP contribution is 2.14. The molecule has 0 aromatic carbocycles. The number of ether oxygens (including phenoxy) is 2. The van der Waals surface area contributed by atoms with E-state index in [1.165, 1.54) is 18.0 Å². The number of nitrogens with one attached hydrogen (secondary N) is 1. The van der Waals surface area contributed by atoms with Crippen LogP contribution in [0.2, 0.25) is 5.02 Å². The lowest BCUT2D eigenvalue weighted by Crippen LogP contribution is -2.26. The fourth-order valence-electron chi connectivity index (χ4n) is 1.36. The maximum absolute atomic E-state index is 11.8. The fourth-order valence-corrected chi connectivity index (χ4v) is 1.57. The van der Waals surface area contributed by atoms with Gasteiger partial charge in [0, 0.05) is 13.7 Å². The third kappa shape index (κ3) is 5.40. The van der Waals surface area contributed by atoms with Gasteiger partial charge in [0.15, 0.2) is 0 Å². The van der Waals surface area contributed by atoms with Gasteiger partial charge in [0.25, 0.3) is 12.0 Å². The molecule has 0 saturated carbocycles. The van der Waals surface area contributed by atoms with Gasteiger partial charge in [-0.1, -0.05) is 11.6 Å². The molecule has 0 aliphatic rings. The van der Waals surface area contributed by atoms with Crippen LogP contribution in [-0.2, 0) is 16.0 Å². The molecule has 1 aromatic heterocycles. The molecule has 0 unspecified atom stereocenters. The van der Waals surface area contributed by atoms with Gasteiger partial charge in [-0.15, -0.1) is 0 Å². The Kier molecular flexibility index (Phi) is 7.42. The zero-order valence-corrected chi connectivity index (χ0v) is 11.7. The van der Waals surface area contributed by atoms with Crippen molar-refractivity contribution in [3.8, 4) is 0 Å². The van der Waals surface area contributed by atoms with E-state index in [0.717, 1.165) is 0 Å². The van der Waals surface area contributed by atoms with E-state index in [0.29, 0.717) is 18.8 Å². The summed E-state index contributed by atoms with van der Waals surface area (Å²) in [4.78, 5) is 11.8. The molecule has 0 bridgehead atoms. The van der Waals surface area contributed by atoms with Crippen molar-refractivity contribution in [2.75, 3.05) is 38.8 Å². The van der Waals surface area contributed by atoms with E-state index in [4.69, 9.17) is 16.3 Å². The first-order chi connectivity index (χ1) is 9.56. The van der Waals surface area contributed by atoms with E-state index >= 15 is 0 Å². The molecule has 9 heteroatoms. The Morgan fingerprint density at radius 3 is 2.90 bits per heavy atom. The molecule has 20 heavy (non-hydrogen) atoms. The summed E-state index contributed by atoms with van der Waals surface area (Å²) >= 11 is 5.90. The third-order valence-electron chi connectivity index (χ3n) is 2.30. The lowest BCUT2D eigenvalue weighted by atomic mass is 10.4. The molecule has 0 saturated heterocycles. The molecule has 0 aliphatic heterocycles. The second-order valence-electron chi connectivity index (χ2n) is 3.79.